The van der Waals surface area contributed by atoms with Crippen LogP contribution in [0.2, 0.25) is 0 Å². The predicted octanol–water partition coefficient (Wildman–Crippen LogP) is 3.98. The Morgan fingerprint density at radius 2 is 1.92 bits per heavy atom. The number of benzene rings is 2. The van der Waals surface area contributed by atoms with Crippen molar-refractivity contribution in [3.05, 3.63) is 71.3 Å². The van der Waals surface area contributed by atoms with Gasteiger partial charge in [-0.2, -0.15) is 0 Å². The van der Waals surface area contributed by atoms with E-state index in [-0.39, 0.29) is 11.9 Å². The quantitative estimate of drug-likeness (QED) is 0.904. The molecule has 0 aromatic heterocycles. The number of likely N-dealkylation sites (tertiary alicyclic amines) is 1. The summed E-state index contributed by atoms with van der Waals surface area (Å²) in [4.78, 5) is 14.8. The number of amides is 1. The molecule has 1 amide bonds. The number of aryl methyl sites for hydroxylation is 1. The van der Waals surface area contributed by atoms with E-state index in [9.17, 15) is 9.90 Å². The van der Waals surface area contributed by atoms with Crippen molar-refractivity contribution >= 4 is 5.91 Å². The summed E-state index contributed by atoms with van der Waals surface area (Å²) < 4.78 is 0. The lowest BCUT2D eigenvalue weighted by atomic mass is 9.93. The molecule has 24 heavy (non-hydrogen) atoms. The van der Waals surface area contributed by atoms with Crippen molar-refractivity contribution in [1.82, 2.24) is 4.90 Å². The highest BCUT2D eigenvalue weighted by Gasteiger charge is 2.33. The number of nitrogens with zero attached hydrogens (tertiary/aromatic N) is 1. The van der Waals surface area contributed by atoms with E-state index in [0.717, 1.165) is 30.5 Å². The molecule has 1 saturated heterocycles. The van der Waals surface area contributed by atoms with Crippen molar-refractivity contribution in [2.75, 3.05) is 6.54 Å². The average molecular weight is 323 g/mol. The molecular weight excluding hydrogens is 298 g/mol. The van der Waals surface area contributed by atoms with Crippen molar-refractivity contribution in [2.24, 2.45) is 0 Å². The number of aliphatic hydroxyl groups is 1. The molecule has 1 N–H and O–H groups in total. The predicted molar refractivity (Wildman–Crippen MR) is 95.9 cm³/mol. The smallest absolute Gasteiger partial charge is 0.254 e. The third-order valence-electron chi connectivity index (χ3n) is 4.66. The van der Waals surface area contributed by atoms with Gasteiger partial charge in [0, 0.05) is 12.1 Å². The summed E-state index contributed by atoms with van der Waals surface area (Å²) in [6.45, 7) is 4.44. The molecule has 1 aliphatic heterocycles. The molecule has 0 radical (unpaired) electrons. The lowest BCUT2D eigenvalue weighted by molar-refractivity contribution is 0.0460. The summed E-state index contributed by atoms with van der Waals surface area (Å²) in [6, 6.07) is 18.2. The topological polar surface area (TPSA) is 40.5 Å². The zero-order valence-corrected chi connectivity index (χ0v) is 14.4. The summed E-state index contributed by atoms with van der Waals surface area (Å²) in [7, 11) is 0. The highest BCUT2D eigenvalue weighted by molar-refractivity contribution is 5.95. The minimum Gasteiger partial charge on any atom is -0.390 e. The molecule has 1 atom stereocenters. The Hall–Kier alpha value is -2.13. The molecular formula is C21H25NO2. The van der Waals surface area contributed by atoms with Crippen LogP contribution in [-0.4, -0.2) is 28.1 Å². The highest BCUT2D eigenvalue weighted by atomic mass is 16.3. The minimum atomic E-state index is -0.685. The van der Waals surface area contributed by atoms with Gasteiger partial charge in [0.25, 0.3) is 5.91 Å². The molecule has 1 fully saturated rings. The summed E-state index contributed by atoms with van der Waals surface area (Å²) in [5, 5.41) is 9.88. The van der Waals surface area contributed by atoms with E-state index in [2.05, 4.69) is 12.1 Å². The van der Waals surface area contributed by atoms with Gasteiger partial charge in [0.2, 0.25) is 0 Å². The number of hydrogen-bond acceptors (Lipinski definition) is 2. The van der Waals surface area contributed by atoms with Gasteiger partial charge in [0.1, 0.15) is 0 Å². The monoisotopic (exact) mass is 323 g/mol. The zero-order valence-electron chi connectivity index (χ0n) is 14.4. The van der Waals surface area contributed by atoms with Gasteiger partial charge < -0.3 is 10.0 Å². The standard InChI is InChI=1S/C21H25NO2/c1-21(2,24)13-11-16-7-6-10-18(15-16)20(23)22-14-12-19(22)17-8-4-3-5-9-17/h3-10,15,19,24H,11-14H2,1-2H3/t19-/m0/s1. The van der Waals surface area contributed by atoms with Gasteiger partial charge >= 0.3 is 0 Å². The maximum Gasteiger partial charge on any atom is 0.254 e. The Balaban J connectivity index is 1.71. The first-order valence-electron chi connectivity index (χ1n) is 8.61. The Labute approximate surface area is 143 Å². The van der Waals surface area contributed by atoms with E-state index in [1.54, 1.807) is 0 Å². The maximum atomic E-state index is 12.8. The maximum absolute atomic E-state index is 12.8. The largest absolute Gasteiger partial charge is 0.390 e. The number of carbonyl (C=O) groups excluding carboxylic acids is 1. The number of carbonyl (C=O) groups is 1. The molecule has 0 spiro atoms. The first-order chi connectivity index (χ1) is 11.4. The second-order valence-corrected chi connectivity index (χ2v) is 7.23. The summed E-state index contributed by atoms with van der Waals surface area (Å²) in [5.74, 6) is 0.0974. The van der Waals surface area contributed by atoms with E-state index >= 15 is 0 Å². The second-order valence-electron chi connectivity index (χ2n) is 7.23. The summed E-state index contributed by atoms with van der Waals surface area (Å²) in [6.07, 6.45) is 2.47. The van der Waals surface area contributed by atoms with Crippen molar-refractivity contribution < 1.29 is 9.90 Å². The van der Waals surface area contributed by atoms with Crippen LogP contribution in [0, 0.1) is 0 Å². The van der Waals surface area contributed by atoms with Crippen LogP contribution in [0.15, 0.2) is 54.6 Å². The first-order valence-corrected chi connectivity index (χ1v) is 8.61. The molecule has 1 aliphatic rings. The van der Waals surface area contributed by atoms with Crippen molar-refractivity contribution in [1.29, 1.82) is 0 Å². The van der Waals surface area contributed by atoms with Crippen LogP contribution in [0.3, 0.4) is 0 Å². The van der Waals surface area contributed by atoms with Crippen LogP contribution in [0.1, 0.15) is 54.2 Å². The average Bonchev–Trinajstić information content (AvgIpc) is 2.52. The van der Waals surface area contributed by atoms with E-state index < -0.39 is 5.60 Å². The molecule has 0 bridgehead atoms. The molecule has 3 nitrogen and oxygen atoms in total. The van der Waals surface area contributed by atoms with E-state index in [4.69, 9.17) is 0 Å². The molecule has 0 aliphatic carbocycles. The van der Waals surface area contributed by atoms with Crippen LogP contribution in [-0.2, 0) is 6.42 Å². The Kier molecular flexibility index (Phi) is 4.72. The first kappa shape index (κ1) is 16.7. The van der Waals surface area contributed by atoms with Gasteiger partial charge in [-0.3, -0.25) is 4.79 Å². The lowest BCUT2D eigenvalue weighted by Gasteiger charge is -2.41. The Morgan fingerprint density at radius 3 is 2.54 bits per heavy atom. The minimum absolute atomic E-state index is 0.0974. The van der Waals surface area contributed by atoms with Crippen molar-refractivity contribution in [2.45, 2.75) is 44.8 Å². The Bertz CT molecular complexity index is 703. The third kappa shape index (κ3) is 3.85. The van der Waals surface area contributed by atoms with Crippen LogP contribution in [0.5, 0.6) is 0 Å². The molecule has 0 saturated carbocycles. The van der Waals surface area contributed by atoms with Gasteiger partial charge in [0.15, 0.2) is 0 Å². The van der Waals surface area contributed by atoms with Gasteiger partial charge in [-0.15, -0.1) is 0 Å². The fraction of sp³-hybridized carbons (Fsp3) is 0.381. The second kappa shape index (κ2) is 6.78. The van der Waals surface area contributed by atoms with Crippen molar-refractivity contribution in [3.8, 4) is 0 Å². The normalized spacial score (nSPS) is 17.5. The van der Waals surface area contributed by atoms with Crippen LogP contribution >= 0.6 is 0 Å². The van der Waals surface area contributed by atoms with Crippen molar-refractivity contribution in [3.63, 3.8) is 0 Å². The number of hydrogen-bond donors (Lipinski definition) is 1. The molecule has 2 aromatic carbocycles. The lowest BCUT2D eigenvalue weighted by Crippen LogP contribution is -2.45. The van der Waals surface area contributed by atoms with Gasteiger partial charge in [-0.05, 0) is 56.4 Å². The van der Waals surface area contributed by atoms with Gasteiger partial charge in [-0.25, -0.2) is 0 Å². The van der Waals surface area contributed by atoms with E-state index in [1.807, 2.05) is 61.2 Å². The molecule has 126 valence electrons. The summed E-state index contributed by atoms with van der Waals surface area (Å²) >= 11 is 0. The molecule has 3 heteroatoms. The van der Waals surface area contributed by atoms with Crippen LogP contribution < -0.4 is 0 Å². The van der Waals surface area contributed by atoms with Gasteiger partial charge in [0.05, 0.1) is 11.6 Å². The zero-order chi connectivity index (χ0) is 17.2. The van der Waals surface area contributed by atoms with E-state index in [1.165, 1.54) is 5.56 Å². The molecule has 1 heterocycles. The number of rotatable bonds is 5. The summed E-state index contributed by atoms with van der Waals surface area (Å²) in [5.41, 5.74) is 2.36. The van der Waals surface area contributed by atoms with Gasteiger partial charge in [-0.1, -0.05) is 42.5 Å². The Morgan fingerprint density at radius 1 is 1.17 bits per heavy atom. The molecule has 0 unspecified atom stereocenters. The van der Waals surface area contributed by atoms with Crippen LogP contribution in [0.25, 0.3) is 0 Å². The third-order valence-corrected chi connectivity index (χ3v) is 4.66. The molecule has 2 aromatic rings. The molecule has 3 rings (SSSR count). The SMILES string of the molecule is CC(C)(O)CCc1cccc(C(=O)N2CC[C@H]2c2ccccc2)c1. The van der Waals surface area contributed by atoms with Crippen LogP contribution in [0.4, 0.5) is 0 Å². The fourth-order valence-electron chi connectivity index (χ4n) is 3.13. The highest BCUT2D eigenvalue weighted by Crippen LogP contribution is 2.34. The van der Waals surface area contributed by atoms with E-state index in [0.29, 0.717) is 6.42 Å². The fourth-order valence-corrected chi connectivity index (χ4v) is 3.13.